The van der Waals surface area contributed by atoms with Crippen LogP contribution >= 0.6 is 46.4 Å². The molecule has 2 aromatic carbocycles. The molecule has 2 amide bonds. The van der Waals surface area contributed by atoms with E-state index in [9.17, 15) is 9.59 Å². The summed E-state index contributed by atoms with van der Waals surface area (Å²) in [6.07, 6.45) is 1.56. The van der Waals surface area contributed by atoms with Crippen LogP contribution in [0.5, 0.6) is 11.5 Å². The Balaban J connectivity index is 2.11. The minimum Gasteiger partial charge on any atom is -0.492 e. The van der Waals surface area contributed by atoms with E-state index in [0.29, 0.717) is 40.9 Å². The van der Waals surface area contributed by atoms with Crippen molar-refractivity contribution in [2.24, 2.45) is 0 Å². The third-order valence-electron chi connectivity index (χ3n) is 4.58. The van der Waals surface area contributed by atoms with Gasteiger partial charge in [0.25, 0.3) is 11.8 Å². The fraction of sp³-hybridized carbons (Fsp3) is 0.227. The number of likely N-dealkylation sites (N-methyl/N-ethyl adjacent to an activating group) is 1. The van der Waals surface area contributed by atoms with Crippen LogP contribution in [-0.2, 0) is 9.59 Å². The van der Waals surface area contributed by atoms with E-state index in [4.69, 9.17) is 33.3 Å². The maximum atomic E-state index is 13.3. The average molecular weight is 571 g/mol. The van der Waals surface area contributed by atoms with Crippen LogP contribution in [0.25, 0.3) is 6.08 Å². The molecule has 0 unspecified atom stereocenters. The van der Waals surface area contributed by atoms with E-state index < -0.39 is 11.8 Å². The number of ether oxygens (including phenoxy) is 2. The maximum Gasteiger partial charge on any atom is 0.270 e. The monoisotopic (exact) mass is 570 g/mol. The van der Waals surface area contributed by atoms with Crippen LogP contribution in [0.15, 0.2) is 42.0 Å². The maximum absolute atomic E-state index is 13.3. The highest BCUT2D eigenvalue weighted by Crippen LogP contribution is 2.35. The van der Waals surface area contributed by atoms with Crippen molar-refractivity contribution in [1.82, 2.24) is 4.90 Å². The molecule has 0 aliphatic carbocycles. The van der Waals surface area contributed by atoms with Crippen LogP contribution in [0.3, 0.4) is 0 Å². The zero-order valence-electron chi connectivity index (χ0n) is 17.1. The van der Waals surface area contributed by atoms with Gasteiger partial charge in [-0.3, -0.25) is 19.4 Å². The van der Waals surface area contributed by atoms with Gasteiger partial charge in [-0.1, -0.05) is 11.6 Å². The van der Waals surface area contributed by atoms with Crippen LogP contribution in [0.2, 0.25) is 5.02 Å². The summed E-state index contributed by atoms with van der Waals surface area (Å²) < 4.78 is 11.9. The molecule has 162 valence electrons. The molecular formula is C22H20ClIN2O4S. The summed E-state index contributed by atoms with van der Waals surface area (Å²) >= 11 is 13.6. The molecule has 31 heavy (non-hydrogen) atoms. The molecule has 3 rings (SSSR count). The number of thiocarbonyl (C=S) groups is 1. The second-order valence-corrected chi connectivity index (χ2v) is 8.44. The molecule has 0 saturated carbocycles. The normalized spacial score (nSPS) is 15.6. The highest BCUT2D eigenvalue weighted by Gasteiger charge is 2.39. The average Bonchev–Trinajstić information content (AvgIpc) is 2.73. The van der Waals surface area contributed by atoms with Crippen LogP contribution < -0.4 is 14.4 Å². The summed E-state index contributed by atoms with van der Waals surface area (Å²) in [6, 6.07) is 10.3. The van der Waals surface area contributed by atoms with E-state index in [-0.39, 0.29) is 10.7 Å². The minimum atomic E-state index is -0.495. The number of anilines is 1. The Morgan fingerprint density at radius 2 is 1.81 bits per heavy atom. The number of rotatable bonds is 6. The van der Waals surface area contributed by atoms with Crippen molar-refractivity contribution in [3.8, 4) is 11.5 Å². The number of hydrogen-bond donors (Lipinski definition) is 0. The molecule has 0 aromatic heterocycles. The lowest BCUT2D eigenvalue weighted by Crippen LogP contribution is -2.56. The van der Waals surface area contributed by atoms with Gasteiger partial charge in [0.05, 0.1) is 23.0 Å². The fourth-order valence-corrected chi connectivity index (χ4v) is 4.54. The minimum absolute atomic E-state index is 0.00816. The zero-order chi connectivity index (χ0) is 22.7. The molecule has 1 aliphatic heterocycles. The zero-order valence-corrected chi connectivity index (χ0v) is 20.9. The van der Waals surface area contributed by atoms with Gasteiger partial charge < -0.3 is 9.47 Å². The number of hydrogen-bond acceptors (Lipinski definition) is 5. The van der Waals surface area contributed by atoms with E-state index in [0.717, 1.165) is 3.57 Å². The smallest absolute Gasteiger partial charge is 0.270 e. The van der Waals surface area contributed by atoms with Crippen molar-refractivity contribution in [3.05, 3.63) is 56.1 Å². The lowest BCUT2D eigenvalue weighted by Gasteiger charge is -2.36. The lowest BCUT2D eigenvalue weighted by atomic mass is 10.1. The molecule has 1 fully saturated rings. The van der Waals surface area contributed by atoms with Gasteiger partial charge in [-0.05, 0) is 96.7 Å². The third kappa shape index (κ3) is 4.70. The SMILES string of the molecule is CCOc1cc(/C=C2\C(=O)N(CC)C(=S)N(c3ccc(Cl)cc3)C2=O)cc(I)c1OC. The lowest BCUT2D eigenvalue weighted by molar-refractivity contribution is -0.127. The molecule has 1 aliphatic rings. The Hall–Kier alpha value is -2.17. The van der Waals surface area contributed by atoms with Crippen molar-refractivity contribution in [3.63, 3.8) is 0 Å². The van der Waals surface area contributed by atoms with Crippen LogP contribution in [0.4, 0.5) is 5.69 Å². The molecule has 0 radical (unpaired) electrons. The summed E-state index contributed by atoms with van der Waals surface area (Å²) in [5.74, 6) is 0.208. The molecule has 0 N–H and O–H groups in total. The van der Waals surface area contributed by atoms with E-state index in [1.807, 2.05) is 13.0 Å². The van der Waals surface area contributed by atoms with Crippen LogP contribution in [-0.4, -0.2) is 42.1 Å². The molecule has 0 spiro atoms. The Bertz CT molecular complexity index is 1070. The Morgan fingerprint density at radius 1 is 1.13 bits per heavy atom. The second kappa shape index (κ2) is 9.97. The summed E-state index contributed by atoms with van der Waals surface area (Å²) in [5.41, 5.74) is 1.19. The molecule has 9 heteroatoms. The molecule has 0 atom stereocenters. The number of benzene rings is 2. The van der Waals surface area contributed by atoms with Crippen molar-refractivity contribution in [2.75, 3.05) is 25.2 Å². The van der Waals surface area contributed by atoms with Gasteiger partial charge in [0.1, 0.15) is 5.57 Å². The first-order chi connectivity index (χ1) is 14.8. The highest BCUT2D eigenvalue weighted by molar-refractivity contribution is 14.1. The molecule has 6 nitrogen and oxygen atoms in total. The largest absolute Gasteiger partial charge is 0.492 e. The number of nitrogens with zero attached hydrogens (tertiary/aromatic N) is 2. The number of carbonyl (C=O) groups excluding carboxylic acids is 2. The van der Waals surface area contributed by atoms with Gasteiger partial charge in [0.15, 0.2) is 16.6 Å². The third-order valence-corrected chi connectivity index (χ3v) is 6.04. The van der Waals surface area contributed by atoms with E-state index >= 15 is 0 Å². The quantitative estimate of drug-likeness (QED) is 0.214. The summed E-state index contributed by atoms with van der Waals surface area (Å²) in [5, 5.41) is 0.672. The van der Waals surface area contributed by atoms with Gasteiger partial charge in [0, 0.05) is 11.6 Å². The van der Waals surface area contributed by atoms with E-state index in [1.54, 1.807) is 50.4 Å². The first-order valence-corrected chi connectivity index (χ1v) is 11.4. The predicted octanol–water partition coefficient (Wildman–Crippen LogP) is 4.92. The highest BCUT2D eigenvalue weighted by atomic mass is 127. The Morgan fingerprint density at radius 3 is 2.39 bits per heavy atom. The summed E-state index contributed by atoms with van der Waals surface area (Å²) in [4.78, 5) is 29.2. The molecule has 1 saturated heterocycles. The number of amides is 2. The van der Waals surface area contributed by atoms with Crippen molar-refractivity contribution in [1.29, 1.82) is 0 Å². The standard InChI is InChI=1S/C22H20ClIN2O4S/c1-4-25-20(27)16(10-13-11-17(24)19(29-3)18(12-13)30-5-2)21(28)26(22(25)31)15-8-6-14(23)7-9-15/h6-12H,4-5H2,1-3H3/b16-10+. The van der Waals surface area contributed by atoms with Gasteiger partial charge in [-0.2, -0.15) is 0 Å². The molecular weight excluding hydrogens is 551 g/mol. The van der Waals surface area contributed by atoms with Gasteiger partial charge in [0.2, 0.25) is 0 Å². The predicted molar refractivity (Wildman–Crippen MR) is 134 cm³/mol. The van der Waals surface area contributed by atoms with Crippen molar-refractivity contribution >= 4 is 75.1 Å². The summed E-state index contributed by atoms with van der Waals surface area (Å²) in [6.45, 7) is 4.46. The van der Waals surface area contributed by atoms with Gasteiger partial charge in [-0.15, -0.1) is 0 Å². The Labute approximate surface area is 204 Å². The second-order valence-electron chi connectivity index (χ2n) is 6.47. The number of methoxy groups -OCH3 is 1. The van der Waals surface area contributed by atoms with Crippen LogP contribution in [0, 0.1) is 3.57 Å². The van der Waals surface area contributed by atoms with Crippen molar-refractivity contribution < 1.29 is 19.1 Å². The van der Waals surface area contributed by atoms with Gasteiger partial charge >= 0.3 is 0 Å². The van der Waals surface area contributed by atoms with Crippen molar-refractivity contribution in [2.45, 2.75) is 13.8 Å². The first kappa shape index (κ1) is 23.5. The van der Waals surface area contributed by atoms with Gasteiger partial charge in [-0.25, -0.2) is 0 Å². The van der Waals surface area contributed by atoms with E-state index in [1.165, 1.54) is 9.80 Å². The number of carbonyl (C=O) groups is 2. The topological polar surface area (TPSA) is 59.1 Å². The molecule has 2 aromatic rings. The Kier molecular flexibility index (Phi) is 7.55. The fourth-order valence-electron chi connectivity index (χ4n) is 3.17. The number of halogens is 2. The summed E-state index contributed by atoms with van der Waals surface area (Å²) in [7, 11) is 1.57. The first-order valence-electron chi connectivity index (χ1n) is 9.50. The molecule has 0 bridgehead atoms. The van der Waals surface area contributed by atoms with E-state index in [2.05, 4.69) is 22.6 Å². The molecule has 1 heterocycles. The van der Waals surface area contributed by atoms with Crippen LogP contribution in [0.1, 0.15) is 19.4 Å².